The van der Waals surface area contributed by atoms with E-state index in [9.17, 15) is 4.79 Å². The average molecular weight is 226 g/mol. The fourth-order valence-corrected chi connectivity index (χ4v) is 2.59. The molecule has 1 aliphatic carbocycles. The Bertz CT molecular complexity index is 231. The first-order valence-electron chi connectivity index (χ1n) is 6.36. The number of carbonyl (C=O) groups excluding carboxylic acids is 1. The Morgan fingerprint density at radius 2 is 2.00 bits per heavy atom. The number of nitrogens with two attached hydrogens (primary N) is 1. The molecular formula is C12H22N2O2. The third-order valence-corrected chi connectivity index (χ3v) is 3.66. The SMILES string of the molecule is NC1CCC(CC(=O)NC2CCOC2)CC1. The molecule has 1 aliphatic heterocycles. The molecule has 1 heterocycles. The Morgan fingerprint density at radius 3 is 2.62 bits per heavy atom. The molecule has 92 valence electrons. The molecule has 1 unspecified atom stereocenters. The van der Waals surface area contributed by atoms with Crippen molar-refractivity contribution in [2.24, 2.45) is 11.7 Å². The Morgan fingerprint density at radius 1 is 1.25 bits per heavy atom. The van der Waals surface area contributed by atoms with Gasteiger partial charge in [0.2, 0.25) is 5.91 Å². The van der Waals surface area contributed by atoms with Crippen molar-refractivity contribution in [1.29, 1.82) is 0 Å². The summed E-state index contributed by atoms with van der Waals surface area (Å²) < 4.78 is 5.23. The van der Waals surface area contributed by atoms with Gasteiger partial charge < -0.3 is 15.8 Å². The first-order valence-corrected chi connectivity index (χ1v) is 6.36. The van der Waals surface area contributed by atoms with Crippen LogP contribution in [0, 0.1) is 5.92 Å². The van der Waals surface area contributed by atoms with Gasteiger partial charge in [-0.2, -0.15) is 0 Å². The van der Waals surface area contributed by atoms with Crippen molar-refractivity contribution in [3.63, 3.8) is 0 Å². The summed E-state index contributed by atoms with van der Waals surface area (Å²) in [7, 11) is 0. The van der Waals surface area contributed by atoms with Gasteiger partial charge in [0.1, 0.15) is 0 Å². The van der Waals surface area contributed by atoms with E-state index < -0.39 is 0 Å². The van der Waals surface area contributed by atoms with Gasteiger partial charge in [0.15, 0.2) is 0 Å². The maximum Gasteiger partial charge on any atom is 0.220 e. The molecule has 1 saturated heterocycles. The second-order valence-electron chi connectivity index (χ2n) is 5.11. The Balaban J connectivity index is 1.66. The molecule has 2 aliphatic rings. The van der Waals surface area contributed by atoms with Gasteiger partial charge in [-0.15, -0.1) is 0 Å². The summed E-state index contributed by atoms with van der Waals surface area (Å²) in [5.74, 6) is 0.734. The summed E-state index contributed by atoms with van der Waals surface area (Å²) >= 11 is 0. The molecular weight excluding hydrogens is 204 g/mol. The number of nitrogens with one attached hydrogen (secondary N) is 1. The second kappa shape index (κ2) is 5.64. The first kappa shape index (κ1) is 11.9. The number of rotatable bonds is 3. The van der Waals surface area contributed by atoms with Gasteiger partial charge in [-0.3, -0.25) is 4.79 Å². The molecule has 4 heteroatoms. The van der Waals surface area contributed by atoms with Crippen LogP contribution >= 0.6 is 0 Å². The van der Waals surface area contributed by atoms with Crippen LogP contribution in [0.15, 0.2) is 0 Å². The van der Waals surface area contributed by atoms with Gasteiger partial charge in [0, 0.05) is 19.1 Å². The summed E-state index contributed by atoms with van der Waals surface area (Å²) in [5.41, 5.74) is 5.84. The molecule has 1 atom stereocenters. The zero-order valence-electron chi connectivity index (χ0n) is 9.78. The zero-order valence-corrected chi connectivity index (χ0v) is 9.78. The molecule has 16 heavy (non-hydrogen) atoms. The molecule has 0 aromatic heterocycles. The minimum absolute atomic E-state index is 0.191. The summed E-state index contributed by atoms with van der Waals surface area (Å²) in [6.07, 6.45) is 5.99. The van der Waals surface area contributed by atoms with Crippen LogP contribution in [0.1, 0.15) is 38.5 Å². The molecule has 0 bridgehead atoms. The lowest BCUT2D eigenvalue weighted by Gasteiger charge is -2.25. The van der Waals surface area contributed by atoms with E-state index in [-0.39, 0.29) is 11.9 Å². The molecule has 0 spiro atoms. The lowest BCUT2D eigenvalue weighted by Crippen LogP contribution is -2.37. The van der Waals surface area contributed by atoms with Gasteiger partial charge >= 0.3 is 0 Å². The molecule has 0 aromatic rings. The fourth-order valence-electron chi connectivity index (χ4n) is 2.59. The number of carbonyl (C=O) groups is 1. The van der Waals surface area contributed by atoms with E-state index >= 15 is 0 Å². The van der Waals surface area contributed by atoms with Gasteiger partial charge in [0.25, 0.3) is 0 Å². The van der Waals surface area contributed by atoms with Crippen molar-refractivity contribution in [3.8, 4) is 0 Å². The topological polar surface area (TPSA) is 64.4 Å². The van der Waals surface area contributed by atoms with Gasteiger partial charge in [0.05, 0.1) is 12.6 Å². The van der Waals surface area contributed by atoms with E-state index in [1.807, 2.05) is 0 Å². The molecule has 2 fully saturated rings. The molecule has 2 rings (SSSR count). The average Bonchev–Trinajstić information content (AvgIpc) is 2.74. The van der Waals surface area contributed by atoms with Crippen LogP contribution in [-0.2, 0) is 9.53 Å². The lowest BCUT2D eigenvalue weighted by atomic mass is 9.84. The Labute approximate surface area is 96.9 Å². The minimum atomic E-state index is 0.191. The lowest BCUT2D eigenvalue weighted by molar-refractivity contribution is -0.123. The van der Waals surface area contributed by atoms with Crippen LogP contribution in [0.5, 0.6) is 0 Å². The summed E-state index contributed by atoms with van der Waals surface area (Å²) in [4.78, 5) is 11.8. The smallest absolute Gasteiger partial charge is 0.220 e. The first-order chi connectivity index (χ1) is 7.74. The number of ether oxygens (including phenoxy) is 1. The standard InChI is InChI=1S/C12H22N2O2/c13-10-3-1-9(2-4-10)7-12(15)14-11-5-6-16-8-11/h9-11H,1-8,13H2,(H,14,15). The van der Waals surface area contributed by atoms with Gasteiger partial charge in [-0.05, 0) is 38.0 Å². The van der Waals surface area contributed by atoms with E-state index in [2.05, 4.69) is 5.32 Å². The van der Waals surface area contributed by atoms with E-state index in [1.54, 1.807) is 0 Å². The Hall–Kier alpha value is -0.610. The maximum absolute atomic E-state index is 11.8. The van der Waals surface area contributed by atoms with Crippen molar-refractivity contribution in [1.82, 2.24) is 5.32 Å². The van der Waals surface area contributed by atoms with E-state index in [0.29, 0.717) is 25.0 Å². The van der Waals surface area contributed by atoms with Crippen molar-refractivity contribution < 1.29 is 9.53 Å². The number of amides is 1. The monoisotopic (exact) mass is 226 g/mol. The highest BCUT2D eigenvalue weighted by molar-refractivity contribution is 5.76. The largest absolute Gasteiger partial charge is 0.379 e. The van der Waals surface area contributed by atoms with Crippen molar-refractivity contribution >= 4 is 5.91 Å². The van der Waals surface area contributed by atoms with Gasteiger partial charge in [-0.25, -0.2) is 0 Å². The predicted octanol–water partition coefficient (Wildman–Crippen LogP) is 0.799. The van der Waals surface area contributed by atoms with Crippen LogP contribution in [-0.4, -0.2) is 31.2 Å². The fraction of sp³-hybridized carbons (Fsp3) is 0.917. The molecule has 3 N–H and O–H groups in total. The summed E-state index contributed by atoms with van der Waals surface area (Å²) in [6.45, 7) is 1.46. The van der Waals surface area contributed by atoms with Crippen LogP contribution in [0.2, 0.25) is 0 Å². The van der Waals surface area contributed by atoms with Crippen molar-refractivity contribution in [3.05, 3.63) is 0 Å². The van der Waals surface area contributed by atoms with Gasteiger partial charge in [-0.1, -0.05) is 0 Å². The minimum Gasteiger partial charge on any atom is -0.379 e. The predicted molar refractivity (Wildman–Crippen MR) is 61.9 cm³/mol. The summed E-state index contributed by atoms with van der Waals surface area (Å²) in [6, 6.07) is 0.612. The molecule has 4 nitrogen and oxygen atoms in total. The van der Waals surface area contributed by atoms with Crippen LogP contribution in [0.4, 0.5) is 0 Å². The highest BCUT2D eigenvalue weighted by Gasteiger charge is 2.23. The molecule has 1 amide bonds. The maximum atomic E-state index is 11.8. The number of hydrogen-bond acceptors (Lipinski definition) is 3. The quantitative estimate of drug-likeness (QED) is 0.748. The molecule has 0 radical (unpaired) electrons. The Kier molecular flexibility index (Phi) is 4.18. The summed E-state index contributed by atoms with van der Waals surface area (Å²) in [5, 5.41) is 3.04. The third kappa shape index (κ3) is 3.46. The van der Waals surface area contributed by atoms with Crippen molar-refractivity contribution in [2.45, 2.75) is 50.6 Å². The zero-order chi connectivity index (χ0) is 11.4. The van der Waals surface area contributed by atoms with Crippen LogP contribution in [0.25, 0.3) is 0 Å². The van der Waals surface area contributed by atoms with E-state index in [1.165, 1.54) is 0 Å². The van der Waals surface area contributed by atoms with Crippen LogP contribution < -0.4 is 11.1 Å². The normalized spacial score (nSPS) is 34.9. The second-order valence-corrected chi connectivity index (χ2v) is 5.11. The number of hydrogen-bond donors (Lipinski definition) is 2. The third-order valence-electron chi connectivity index (χ3n) is 3.66. The van der Waals surface area contributed by atoms with E-state index in [4.69, 9.17) is 10.5 Å². The highest BCUT2D eigenvalue weighted by Crippen LogP contribution is 2.25. The van der Waals surface area contributed by atoms with Crippen molar-refractivity contribution in [2.75, 3.05) is 13.2 Å². The van der Waals surface area contributed by atoms with Crippen LogP contribution in [0.3, 0.4) is 0 Å². The van der Waals surface area contributed by atoms with E-state index in [0.717, 1.165) is 38.7 Å². The highest BCUT2D eigenvalue weighted by atomic mass is 16.5. The molecule has 0 aromatic carbocycles. The molecule has 1 saturated carbocycles.